The van der Waals surface area contributed by atoms with E-state index in [9.17, 15) is 14.0 Å². The van der Waals surface area contributed by atoms with Crippen molar-refractivity contribution in [2.24, 2.45) is 5.73 Å². The predicted octanol–water partition coefficient (Wildman–Crippen LogP) is 1.94. The summed E-state index contributed by atoms with van der Waals surface area (Å²) < 4.78 is 18.1. The lowest BCUT2D eigenvalue weighted by Crippen LogP contribution is -2.20. The van der Waals surface area contributed by atoms with Gasteiger partial charge in [0.2, 0.25) is 5.91 Å². The van der Waals surface area contributed by atoms with Crippen LogP contribution in [0.4, 0.5) is 10.1 Å². The molecule has 0 unspecified atom stereocenters. The molecule has 2 amide bonds. The number of nitrogens with one attached hydrogen (secondary N) is 1. The standard InChI is InChI=1S/C15H13FN2O3/c16-11-2-1-3-13(8-11)21-9-14(19)18-12-6-4-10(5-7-12)15(17)20/h1-8H,9H2,(H2,17,20)(H,18,19). The largest absolute Gasteiger partial charge is 0.484 e. The van der Waals surface area contributed by atoms with Crippen LogP contribution in [-0.2, 0) is 4.79 Å². The van der Waals surface area contributed by atoms with Gasteiger partial charge in [0.25, 0.3) is 5.91 Å². The second kappa shape index (κ2) is 6.51. The first-order chi connectivity index (χ1) is 10.0. The molecular formula is C15H13FN2O3. The summed E-state index contributed by atoms with van der Waals surface area (Å²) in [6, 6.07) is 11.6. The SMILES string of the molecule is NC(=O)c1ccc(NC(=O)COc2cccc(F)c2)cc1. The molecule has 0 radical (unpaired) electrons. The van der Waals surface area contributed by atoms with Crippen molar-refractivity contribution in [1.29, 1.82) is 0 Å². The molecule has 2 aromatic carbocycles. The number of hydrogen-bond acceptors (Lipinski definition) is 3. The zero-order valence-electron chi connectivity index (χ0n) is 11.0. The summed E-state index contributed by atoms with van der Waals surface area (Å²) in [6.07, 6.45) is 0. The maximum absolute atomic E-state index is 12.9. The van der Waals surface area contributed by atoms with Crippen LogP contribution in [0.2, 0.25) is 0 Å². The Kier molecular flexibility index (Phi) is 4.50. The highest BCUT2D eigenvalue weighted by atomic mass is 19.1. The van der Waals surface area contributed by atoms with Crippen LogP contribution < -0.4 is 15.8 Å². The topological polar surface area (TPSA) is 81.4 Å². The number of carbonyl (C=O) groups is 2. The zero-order valence-corrected chi connectivity index (χ0v) is 11.0. The first-order valence-corrected chi connectivity index (χ1v) is 6.12. The van der Waals surface area contributed by atoms with Crippen molar-refractivity contribution >= 4 is 17.5 Å². The highest BCUT2D eigenvalue weighted by Crippen LogP contribution is 2.12. The van der Waals surface area contributed by atoms with Gasteiger partial charge in [0.15, 0.2) is 6.61 Å². The van der Waals surface area contributed by atoms with Gasteiger partial charge in [-0.15, -0.1) is 0 Å². The van der Waals surface area contributed by atoms with Crippen LogP contribution in [0.25, 0.3) is 0 Å². The number of nitrogens with two attached hydrogens (primary N) is 1. The molecule has 0 bridgehead atoms. The Bertz CT molecular complexity index is 656. The fourth-order valence-corrected chi connectivity index (χ4v) is 1.62. The lowest BCUT2D eigenvalue weighted by molar-refractivity contribution is -0.118. The van der Waals surface area contributed by atoms with Gasteiger partial charge >= 0.3 is 0 Å². The number of halogens is 1. The van der Waals surface area contributed by atoms with Gasteiger partial charge in [-0.2, -0.15) is 0 Å². The van der Waals surface area contributed by atoms with Crippen LogP contribution in [0.15, 0.2) is 48.5 Å². The molecule has 6 heteroatoms. The minimum Gasteiger partial charge on any atom is -0.484 e. The van der Waals surface area contributed by atoms with Crippen LogP contribution in [0.3, 0.4) is 0 Å². The Morgan fingerprint density at radius 3 is 2.48 bits per heavy atom. The van der Waals surface area contributed by atoms with E-state index < -0.39 is 17.6 Å². The van der Waals surface area contributed by atoms with Crippen LogP contribution in [0, 0.1) is 5.82 Å². The summed E-state index contributed by atoms with van der Waals surface area (Å²) in [5.41, 5.74) is 5.97. The third-order valence-electron chi connectivity index (χ3n) is 2.62. The second-order valence-electron chi connectivity index (χ2n) is 4.24. The molecule has 0 aliphatic heterocycles. The molecule has 2 aromatic rings. The van der Waals surface area contributed by atoms with Crippen LogP contribution in [0.1, 0.15) is 10.4 Å². The molecular weight excluding hydrogens is 275 g/mol. The summed E-state index contributed by atoms with van der Waals surface area (Å²) in [4.78, 5) is 22.6. The van der Waals surface area contributed by atoms with Crippen molar-refractivity contribution in [2.75, 3.05) is 11.9 Å². The maximum atomic E-state index is 12.9. The van der Waals surface area contributed by atoms with Gasteiger partial charge in [-0.05, 0) is 36.4 Å². The minimum absolute atomic E-state index is 0.249. The van der Waals surface area contributed by atoms with E-state index in [2.05, 4.69) is 5.32 Å². The van der Waals surface area contributed by atoms with Crippen LogP contribution in [-0.4, -0.2) is 18.4 Å². The number of amides is 2. The molecule has 0 aliphatic rings. The number of primary amides is 1. The quantitative estimate of drug-likeness (QED) is 0.882. The van der Waals surface area contributed by atoms with Crippen molar-refractivity contribution in [3.63, 3.8) is 0 Å². The average molecular weight is 288 g/mol. The molecule has 0 spiro atoms. The second-order valence-corrected chi connectivity index (χ2v) is 4.24. The minimum atomic E-state index is -0.540. The summed E-state index contributed by atoms with van der Waals surface area (Å²) in [5, 5.41) is 2.58. The molecule has 2 rings (SSSR count). The van der Waals surface area contributed by atoms with E-state index in [0.717, 1.165) is 0 Å². The first-order valence-electron chi connectivity index (χ1n) is 6.12. The number of benzene rings is 2. The average Bonchev–Trinajstić information content (AvgIpc) is 2.46. The van der Waals surface area contributed by atoms with Gasteiger partial charge in [0.05, 0.1) is 0 Å². The Balaban J connectivity index is 1.88. The van der Waals surface area contributed by atoms with E-state index in [4.69, 9.17) is 10.5 Å². The molecule has 0 fully saturated rings. The first kappa shape index (κ1) is 14.5. The van der Waals surface area contributed by atoms with Crippen molar-refractivity contribution in [2.45, 2.75) is 0 Å². The van der Waals surface area contributed by atoms with E-state index in [-0.39, 0.29) is 12.4 Å². The molecule has 0 atom stereocenters. The number of anilines is 1. The fourth-order valence-electron chi connectivity index (χ4n) is 1.62. The summed E-state index contributed by atoms with van der Waals surface area (Å²) in [5.74, 6) is -1.10. The smallest absolute Gasteiger partial charge is 0.262 e. The normalized spacial score (nSPS) is 9.95. The van der Waals surface area contributed by atoms with Crippen molar-refractivity contribution in [1.82, 2.24) is 0 Å². The number of carbonyl (C=O) groups excluding carboxylic acids is 2. The van der Waals surface area contributed by atoms with Gasteiger partial charge in [-0.1, -0.05) is 6.07 Å². The zero-order chi connectivity index (χ0) is 15.2. The van der Waals surface area contributed by atoms with Crippen LogP contribution in [0.5, 0.6) is 5.75 Å². The number of hydrogen-bond donors (Lipinski definition) is 2. The predicted molar refractivity (Wildman–Crippen MR) is 75.5 cm³/mol. The third-order valence-corrected chi connectivity index (χ3v) is 2.62. The van der Waals surface area contributed by atoms with Crippen molar-refractivity contribution in [3.05, 3.63) is 59.9 Å². The van der Waals surface area contributed by atoms with Gasteiger partial charge in [-0.3, -0.25) is 9.59 Å². The number of ether oxygens (including phenoxy) is 1. The molecule has 0 heterocycles. The Morgan fingerprint density at radius 2 is 1.86 bits per heavy atom. The highest BCUT2D eigenvalue weighted by molar-refractivity contribution is 5.95. The van der Waals surface area contributed by atoms with E-state index in [1.54, 1.807) is 18.2 Å². The summed E-state index contributed by atoms with van der Waals surface area (Å²) in [7, 11) is 0. The maximum Gasteiger partial charge on any atom is 0.262 e. The molecule has 0 aromatic heterocycles. The van der Waals surface area contributed by atoms with Crippen molar-refractivity contribution in [3.8, 4) is 5.75 Å². The molecule has 108 valence electrons. The lowest BCUT2D eigenvalue weighted by Gasteiger charge is -2.07. The molecule has 0 saturated carbocycles. The van der Waals surface area contributed by atoms with Gasteiger partial charge in [0, 0.05) is 17.3 Å². The van der Waals surface area contributed by atoms with Gasteiger partial charge in [-0.25, -0.2) is 4.39 Å². The van der Waals surface area contributed by atoms with Crippen LogP contribution >= 0.6 is 0 Å². The Hall–Kier alpha value is -2.89. The van der Waals surface area contributed by atoms with Crippen molar-refractivity contribution < 1.29 is 18.7 Å². The molecule has 21 heavy (non-hydrogen) atoms. The molecule has 3 N–H and O–H groups in total. The van der Waals surface area contributed by atoms with E-state index in [1.165, 1.54) is 30.3 Å². The summed E-state index contributed by atoms with van der Waals surface area (Å²) in [6.45, 7) is -0.249. The molecule has 0 saturated heterocycles. The third kappa shape index (κ3) is 4.31. The van der Waals surface area contributed by atoms with Gasteiger partial charge < -0.3 is 15.8 Å². The fraction of sp³-hybridized carbons (Fsp3) is 0.0667. The summed E-state index contributed by atoms with van der Waals surface area (Å²) >= 11 is 0. The Morgan fingerprint density at radius 1 is 1.14 bits per heavy atom. The lowest BCUT2D eigenvalue weighted by atomic mass is 10.2. The highest BCUT2D eigenvalue weighted by Gasteiger charge is 2.05. The molecule has 5 nitrogen and oxygen atoms in total. The van der Waals surface area contributed by atoms with E-state index in [0.29, 0.717) is 11.3 Å². The monoisotopic (exact) mass is 288 g/mol. The van der Waals surface area contributed by atoms with E-state index >= 15 is 0 Å². The Labute approximate surface area is 120 Å². The van der Waals surface area contributed by atoms with E-state index in [1.807, 2.05) is 0 Å². The number of rotatable bonds is 5. The van der Waals surface area contributed by atoms with Gasteiger partial charge in [0.1, 0.15) is 11.6 Å². The molecule has 0 aliphatic carbocycles.